The third-order valence-corrected chi connectivity index (χ3v) is 3.65. The molecule has 0 radical (unpaired) electrons. The molecule has 2 aromatic rings. The van der Waals surface area contributed by atoms with Crippen molar-refractivity contribution in [2.75, 3.05) is 11.6 Å². The number of benzene rings is 1. The van der Waals surface area contributed by atoms with Gasteiger partial charge in [-0.1, -0.05) is 18.2 Å². The number of aromatic nitrogens is 1. The van der Waals surface area contributed by atoms with Crippen molar-refractivity contribution in [1.29, 1.82) is 0 Å². The molecule has 0 aliphatic heterocycles. The maximum Gasteiger partial charge on any atom is 0.177 e. The summed E-state index contributed by atoms with van der Waals surface area (Å²) in [5.74, 6) is 0. The van der Waals surface area contributed by atoms with Crippen LogP contribution in [-0.4, -0.2) is 19.7 Å². The largest absolute Gasteiger partial charge is 0.380 e. The van der Waals surface area contributed by atoms with Crippen LogP contribution in [0.15, 0.2) is 53.7 Å². The Kier molecular flexibility index (Phi) is 3.62. The van der Waals surface area contributed by atoms with Gasteiger partial charge in [-0.15, -0.1) is 0 Å². The van der Waals surface area contributed by atoms with E-state index in [4.69, 9.17) is 0 Å². The first-order chi connectivity index (χ1) is 8.57. The molecule has 0 spiro atoms. The van der Waals surface area contributed by atoms with E-state index in [1.807, 2.05) is 12.1 Å². The maximum atomic E-state index is 11.6. The minimum absolute atomic E-state index is 0.314. The third-order valence-electron chi connectivity index (χ3n) is 2.49. The zero-order valence-electron chi connectivity index (χ0n) is 10.00. The summed E-state index contributed by atoms with van der Waals surface area (Å²) in [6.45, 7) is 0.542. The Bertz CT molecular complexity index is 624. The molecule has 1 aromatic heterocycles. The van der Waals surface area contributed by atoms with Gasteiger partial charge in [0.15, 0.2) is 9.84 Å². The van der Waals surface area contributed by atoms with Crippen LogP contribution in [0.4, 0.5) is 5.69 Å². The highest BCUT2D eigenvalue weighted by molar-refractivity contribution is 7.90. The van der Waals surface area contributed by atoms with Gasteiger partial charge in [-0.3, -0.25) is 4.98 Å². The molecule has 0 saturated carbocycles. The van der Waals surface area contributed by atoms with Crippen molar-refractivity contribution in [3.8, 4) is 0 Å². The lowest BCUT2D eigenvalue weighted by atomic mass is 10.2. The molecule has 0 atom stereocenters. The molecule has 1 aromatic carbocycles. The molecular weight excluding hydrogens is 248 g/mol. The Labute approximate surface area is 107 Å². The first-order valence-electron chi connectivity index (χ1n) is 5.49. The van der Waals surface area contributed by atoms with Gasteiger partial charge in [0.1, 0.15) is 0 Å². The van der Waals surface area contributed by atoms with Gasteiger partial charge >= 0.3 is 0 Å². The highest BCUT2D eigenvalue weighted by Crippen LogP contribution is 2.21. The van der Waals surface area contributed by atoms with Crippen LogP contribution in [0, 0.1) is 0 Å². The Balaban J connectivity index is 2.20. The lowest BCUT2D eigenvalue weighted by Gasteiger charge is -2.10. The molecule has 18 heavy (non-hydrogen) atoms. The molecule has 1 N–H and O–H groups in total. The van der Waals surface area contributed by atoms with Gasteiger partial charge in [0.25, 0.3) is 0 Å². The van der Waals surface area contributed by atoms with Crippen LogP contribution >= 0.6 is 0 Å². The van der Waals surface area contributed by atoms with Gasteiger partial charge in [-0.05, 0) is 23.8 Å². The molecule has 0 unspecified atom stereocenters. The van der Waals surface area contributed by atoms with E-state index in [9.17, 15) is 8.42 Å². The number of sulfone groups is 1. The lowest BCUT2D eigenvalue weighted by molar-refractivity contribution is 0.602. The van der Waals surface area contributed by atoms with E-state index in [1.54, 1.807) is 36.7 Å². The van der Waals surface area contributed by atoms with Gasteiger partial charge < -0.3 is 5.32 Å². The van der Waals surface area contributed by atoms with E-state index < -0.39 is 9.84 Å². The van der Waals surface area contributed by atoms with E-state index in [0.717, 1.165) is 5.56 Å². The second-order valence-electron chi connectivity index (χ2n) is 3.98. The number of hydrogen-bond donors (Lipinski definition) is 1. The molecular formula is C13H14N2O2S. The number of hydrogen-bond acceptors (Lipinski definition) is 4. The second kappa shape index (κ2) is 5.18. The summed E-state index contributed by atoms with van der Waals surface area (Å²) in [5.41, 5.74) is 1.62. The van der Waals surface area contributed by atoms with Gasteiger partial charge in [-0.25, -0.2) is 8.42 Å². The van der Waals surface area contributed by atoms with Gasteiger partial charge in [-0.2, -0.15) is 0 Å². The van der Waals surface area contributed by atoms with E-state index in [-0.39, 0.29) is 0 Å². The highest BCUT2D eigenvalue weighted by atomic mass is 32.2. The fourth-order valence-electron chi connectivity index (χ4n) is 1.64. The van der Waals surface area contributed by atoms with Crippen LogP contribution in [0.3, 0.4) is 0 Å². The van der Waals surface area contributed by atoms with Crippen molar-refractivity contribution in [3.05, 3.63) is 54.4 Å². The molecule has 5 heteroatoms. The summed E-state index contributed by atoms with van der Waals surface area (Å²) < 4.78 is 23.2. The predicted octanol–water partition coefficient (Wildman–Crippen LogP) is 2.10. The first kappa shape index (κ1) is 12.6. The highest BCUT2D eigenvalue weighted by Gasteiger charge is 2.11. The molecule has 0 saturated heterocycles. The summed E-state index contributed by atoms with van der Waals surface area (Å²) in [5, 5.41) is 3.12. The molecule has 0 aliphatic rings. The summed E-state index contributed by atoms with van der Waals surface area (Å²) in [7, 11) is -3.22. The fourth-order valence-corrected chi connectivity index (χ4v) is 2.50. The van der Waals surface area contributed by atoms with Crippen molar-refractivity contribution in [2.24, 2.45) is 0 Å². The van der Waals surface area contributed by atoms with Crippen LogP contribution in [0.1, 0.15) is 5.56 Å². The van der Waals surface area contributed by atoms with E-state index >= 15 is 0 Å². The second-order valence-corrected chi connectivity index (χ2v) is 5.97. The van der Waals surface area contributed by atoms with Crippen LogP contribution in [0.2, 0.25) is 0 Å². The zero-order valence-corrected chi connectivity index (χ0v) is 10.8. The summed E-state index contributed by atoms with van der Waals surface area (Å²) in [6.07, 6.45) is 4.65. The molecule has 0 amide bonds. The fraction of sp³-hybridized carbons (Fsp3) is 0.154. The normalized spacial score (nSPS) is 11.2. The Hall–Kier alpha value is -1.88. The van der Waals surface area contributed by atoms with Gasteiger partial charge in [0, 0.05) is 25.2 Å². The van der Waals surface area contributed by atoms with Crippen molar-refractivity contribution in [3.63, 3.8) is 0 Å². The Morgan fingerprint density at radius 2 is 1.94 bits per heavy atom. The van der Waals surface area contributed by atoms with Crippen LogP contribution in [0.5, 0.6) is 0 Å². The molecule has 1 heterocycles. The van der Waals surface area contributed by atoms with E-state index in [0.29, 0.717) is 17.1 Å². The third kappa shape index (κ3) is 3.07. The molecule has 4 nitrogen and oxygen atoms in total. The monoisotopic (exact) mass is 262 g/mol. The van der Waals surface area contributed by atoms with Gasteiger partial charge in [0.2, 0.25) is 0 Å². The standard InChI is InChI=1S/C13H14N2O2S/c1-18(16,17)13-7-3-2-6-12(13)15-10-11-5-4-8-14-9-11/h2-9,15H,10H2,1H3. The Morgan fingerprint density at radius 3 is 2.61 bits per heavy atom. The summed E-state index contributed by atoms with van der Waals surface area (Å²) in [6, 6.07) is 10.7. The van der Waals surface area contributed by atoms with E-state index in [1.165, 1.54) is 6.26 Å². The molecule has 0 bridgehead atoms. The lowest BCUT2D eigenvalue weighted by Crippen LogP contribution is -2.06. The summed E-state index contributed by atoms with van der Waals surface area (Å²) >= 11 is 0. The Morgan fingerprint density at radius 1 is 1.17 bits per heavy atom. The first-order valence-corrected chi connectivity index (χ1v) is 7.38. The maximum absolute atomic E-state index is 11.6. The zero-order chi connectivity index (χ0) is 13.0. The van der Waals surface area contributed by atoms with Crippen LogP contribution in [0.25, 0.3) is 0 Å². The minimum atomic E-state index is -3.22. The SMILES string of the molecule is CS(=O)(=O)c1ccccc1NCc1cccnc1. The average Bonchev–Trinajstić information content (AvgIpc) is 2.37. The predicted molar refractivity (Wildman–Crippen MR) is 71.1 cm³/mol. The smallest absolute Gasteiger partial charge is 0.177 e. The summed E-state index contributed by atoms with van der Waals surface area (Å²) in [4.78, 5) is 4.32. The van der Waals surface area contributed by atoms with Crippen molar-refractivity contribution in [2.45, 2.75) is 11.4 Å². The molecule has 0 aliphatic carbocycles. The minimum Gasteiger partial charge on any atom is -0.380 e. The molecule has 94 valence electrons. The van der Waals surface area contributed by atoms with Crippen molar-refractivity contribution < 1.29 is 8.42 Å². The van der Waals surface area contributed by atoms with E-state index in [2.05, 4.69) is 10.3 Å². The van der Waals surface area contributed by atoms with Crippen molar-refractivity contribution in [1.82, 2.24) is 4.98 Å². The number of anilines is 1. The van der Waals surface area contributed by atoms with Crippen LogP contribution < -0.4 is 5.32 Å². The number of nitrogens with zero attached hydrogens (tertiary/aromatic N) is 1. The van der Waals surface area contributed by atoms with Crippen molar-refractivity contribution >= 4 is 15.5 Å². The average molecular weight is 262 g/mol. The number of nitrogens with one attached hydrogen (secondary N) is 1. The van der Waals surface area contributed by atoms with Gasteiger partial charge in [0.05, 0.1) is 10.6 Å². The number of pyridine rings is 1. The number of rotatable bonds is 4. The topological polar surface area (TPSA) is 59.1 Å². The quantitative estimate of drug-likeness (QED) is 0.916. The van der Waals surface area contributed by atoms with Crippen LogP contribution in [-0.2, 0) is 16.4 Å². The number of para-hydroxylation sites is 1. The molecule has 0 fully saturated rings. The molecule has 2 rings (SSSR count).